The number of carboxylic acids is 1. The quantitative estimate of drug-likeness (QED) is 0.667. The number of carbonyl (C=O) groups excluding carboxylic acids is 1. The number of hydrogen-bond acceptors (Lipinski definition) is 3. The molecule has 0 spiro atoms. The lowest BCUT2D eigenvalue weighted by atomic mass is 10.1. The van der Waals surface area contributed by atoms with Crippen LogP contribution < -0.4 is 11.1 Å². The van der Waals surface area contributed by atoms with Gasteiger partial charge in [0.25, 0.3) is 0 Å². The standard InChI is InChI=1S/C13H18N2O3/c1-9-3-2-4-10(7-9)8-15-11(13(17)18)5-6-12(14)16/h2-4,7,11,15H,5-6,8H2,1H3,(H2,14,16)(H,17,18). The lowest BCUT2D eigenvalue weighted by molar-refractivity contribution is -0.139. The second kappa shape index (κ2) is 6.76. The normalized spacial score (nSPS) is 12.1. The molecule has 0 fully saturated rings. The van der Waals surface area contributed by atoms with Crippen LogP contribution in [0, 0.1) is 6.92 Å². The van der Waals surface area contributed by atoms with Crippen LogP contribution in [0.1, 0.15) is 24.0 Å². The number of nitrogens with two attached hydrogens (primary N) is 1. The Labute approximate surface area is 106 Å². The van der Waals surface area contributed by atoms with Gasteiger partial charge in [0.1, 0.15) is 6.04 Å². The van der Waals surface area contributed by atoms with Crippen LogP contribution in [0.25, 0.3) is 0 Å². The van der Waals surface area contributed by atoms with Crippen LogP contribution in [0.4, 0.5) is 0 Å². The summed E-state index contributed by atoms with van der Waals surface area (Å²) in [7, 11) is 0. The Kier molecular flexibility index (Phi) is 5.32. The van der Waals surface area contributed by atoms with Crippen molar-refractivity contribution in [3.63, 3.8) is 0 Å². The Balaban J connectivity index is 2.51. The van der Waals surface area contributed by atoms with Crippen LogP contribution in [-0.4, -0.2) is 23.0 Å². The highest BCUT2D eigenvalue weighted by Gasteiger charge is 2.17. The van der Waals surface area contributed by atoms with Gasteiger partial charge in [-0.15, -0.1) is 0 Å². The summed E-state index contributed by atoms with van der Waals surface area (Å²) in [5, 5.41) is 11.9. The van der Waals surface area contributed by atoms with Gasteiger partial charge in [-0.3, -0.25) is 9.59 Å². The molecule has 4 N–H and O–H groups in total. The van der Waals surface area contributed by atoms with E-state index in [1.165, 1.54) is 0 Å². The number of carboxylic acid groups (broad SMARTS) is 1. The number of benzene rings is 1. The molecule has 0 bridgehead atoms. The van der Waals surface area contributed by atoms with Gasteiger partial charge >= 0.3 is 5.97 Å². The van der Waals surface area contributed by atoms with E-state index in [-0.39, 0.29) is 12.8 Å². The summed E-state index contributed by atoms with van der Waals surface area (Å²) in [4.78, 5) is 21.6. The zero-order valence-corrected chi connectivity index (χ0v) is 10.3. The van der Waals surface area contributed by atoms with Crippen molar-refractivity contribution in [3.05, 3.63) is 35.4 Å². The fourth-order valence-corrected chi connectivity index (χ4v) is 1.66. The predicted octanol–water partition coefficient (Wildman–Crippen LogP) is 0.803. The van der Waals surface area contributed by atoms with E-state index in [1.807, 2.05) is 31.2 Å². The number of hydrogen-bond donors (Lipinski definition) is 3. The molecule has 0 saturated carbocycles. The van der Waals surface area contributed by atoms with Gasteiger partial charge in [0.05, 0.1) is 0 Å². The summed E-state index contributed by atoms with van der Waals surface area (Å²) in [6, 6.07) is 7.06. The summed E-state index contributed by atoms with van der Waals surface area (Å²) in [6.07, 6.45) is 0.272. The molecular weight excluding hydrogens is 232 g/mol. The van der Waals surface area contributed by atoms with E-state index in [0.717, 1.165) is 11.1 Å². The minimum Gasteiger partial charge on any atom is -0.480 e. The van der Waals surface area contributed by atoms with Crippen LogP contribution in [0.2, 0.25) is 0 Å². The molecule has 1 unspecified atom stereocenters. The third-order valence-corrected chi connectivity index (χ3v) is 2.61. The van der Waals surface area contributed by atoms with Crippen molar-refractivity contribution in [2.75, 3.05) is 0 Å². The molecule has 1 atom stereocenters. The first-order chi connectivity index (χ1) is 8.49. The Morgan fingerprint density at radius 1 is 1.44 bits per heavy atom. The molecule has 1 amide bonds. The largest absolute Gasteiger partial charge is 0.480 e. The van der Waals surface area contributed by atoms with Gasteiger partial charge in [-0.25, -0.2) is 0 Å². The number of primary amides is 1. The van der Waals surface area contributed by atoms with Crippen LogP contribution in [-0.2, 0) is 16.1 Å². The maximum absolute atomic E-state index is 11.0. The van der Waals surface area contributed by atoms with E-state index >= 15 is 0 Å². The highest BCUT2D eigenvalue weighted by molar-refractivity contribution is 5.77. The number of rotatable bonds is 7. The Hall–Kier alpha value is -1.88. The molecular formula is C13H18N2O3. The van der Waals surface area contributed by atoms with Gasteiger partial charge in [-0.05, 0) is 18.9 Å². The highest BCUT2D eigenvalue weighted by Crippen LogP contribution is 2.05. The molecule has 18 heavy (non-hydrogen) atoms. The van der Waals surface area contributed by atoms with Crippen molar-refractivity contribution in [1.82, 2.24) is 5.32 Å². The predicted molar refractivity (Wildman–Crippen MR) is 67.9 cm³/mol. The molecule has 0 heterocycles. The highest BCUT2D eigenvalue weighted by atomic mass is 16.4. The molecule has 5 heteroatoms. The van der Waals surface area contributed by atoms with Crippen molar-refractivity contribution in [2.45, 2.75) is 32.4 Å². The van der Waals surface area contributed by atoms with E-state index in [4.69, 9.17) is 10.8 Å². The summed E-state index contributed by atoms with van der Waals surface area (Å²) < 4.78 is 0. The van der Waals surface area contributed by atoms with Crippen LogP contribution in [0.5, 0.6) is 0 Å². The second-order valence-corrected chi connectivity index (χ2v) is 4.27. The average Bonchev–Trinajstić information content (AvgIpc) is 2.28. The molecule has 0 aromatic heterocycles. The van der Waals surface area contributed by atoms with Gasteiger partial charge < -0.3 is 16.2 Å². The number of nitrogens with one attached hydrogen (secondary N) is 1. The van der Waals surface area contributed by atoms with Crippen LogP contribution in [0.3, 0.4) is 0 Å². The van der Waals surface area contributed by atoms with Crippen molar-refractivity contribution in [2.24, 2.45) is 5.73 Å². The number of aryl methyl sites for hydroxylation is 1. The molecule has 0 saturated heterocycles. The van der Waals surface area contributed by atoms with Crippen molar-refractivity contribution >= 4 is 11.9 Å². The lowest BCUT2D eigenvalue weighted by Gasteiger charge is -2.13. The van der Waals surface area contributed by atoms with E-state index in [0.29, 0.717) is 6.54 Å². The van der Waals surface area contributed by atoms with Crippen LogP contribution >= 0.6 is 0 Å². The van der Waals surface area contributed by atoms with Gasteiger partial charge in [0.15, 0.2) is 0 Å². The lowest BCUT2D eigenvalue weighted by Crippen LogP contribution is -2.37. The molecule has 0 radical (unpaired) electrons. The first-order valence-electron chi connectivity index (χ1n) is 5.79. The summed E-state index contributed by atoms with van der Waals surface area (Å²) in [5.41, 5.74) is 7.15. The third-order valence-electron chi connectivity index (χ3n) is 2.61. The van der Waals surface area contributed by atoms with E-state index in [9.17, 15) is 9.59 Å². The fourth-order valence-electron chi connectivity index (χ4n) is 1.66. The number of amides is 1. The topological polar surface area (TPSA) is 92.4 Å². The van der Waals surface area contributed by atoms with Crippen molar-refractivity contribution in [1.29, 1.82) is 0 Å². The SMILES string of the molecule is Cc1cccc(CNC(CCC(N)=O)C(=O)O)c1. The molecule has 0 aliphatic carbocycles. The molecule has 1 rings (SSSR count). The molecule has 5 nitrogen and oxygen atoms in total. The number of carbonyl (C=O) groups is 2. The molecule has 98 valence electrons. The monoisotopic (exact) mass is 250 g/mol. The van der Waals surface area contributed by atoms with Crippen LogP contribution in [0.15, 0.2) is 24.3 Å². The zero-order valence-electron chi connectivity index (χ0n) is 10.3. The number of aliphatic carboxylic acids is 1. The molecule has 0 aliphatic heterocycles. The first-order valence-corrected chi connectivity index (χ1v) is 5.79. The Morgan fingerprint density at radius 2 is 2.17 bits per heavy atom. The summed E-state index contributed by atoms with van der Waals surface area (Å²) in [5.74, 6) is -1.46. The third kappa shape index (κ3) is 4.97. The van der Waals surface area contributed by atoms with Crippen molar-refractivity contribution < 1.29 is 14.7 Å². The Morgan fingerprint density at radius 3 is 2.72 bits per heavy atom. The van der Waals surface area contributed by atoms with E-state index < -0.39 is 17.9 Å². The summed E-state index contributed by atoms with van der Waals surface area (Å²) in [6.45, 7) is 2.43. The summed E-state index contributed by atoms with van der Waals surface area (Å²) >= 11 is 0. The smallest absolute Gasteiger partial charge is 0.320 e. The second-order valence-electron chi connectivity index (χ2n) is 4.27. The Bertz CT molecular complexity index is 432. The maximum Gasteiger partial charge on any atom is 0.320 e. The minimum absolute atomic E-state index is 0.0672. The zero-order chi connectivity index (χ0) is 13.5. The minimum atomic E-state index is -0.969. The van der Waals surface area contributed by atoms with Gasteiger partial charge in [0.2, 0.25) is 5.91 Å². The van der Waals surface area contributed by atoms with E-state index in [1.54, 1.807) is 0 Å². The van der Waals surface area contributed by atoms with Gasteiger partial charge in [-0.2, -0.15) is 0 Å². The van der Waals surface area contributed by atoms with Gasteiger partial charge in [0, 0.05) is 13.0 Å². The van der Waals surface area contributed by atoms with E-state index in [2.05, 4.69) is 5.32 Å². The van der Waals surface area contributed by atoms with Crippen molar-refractivity contribution in [3.8, 4) is 0 Å². The molecule has 0 aliphatic rings. The molecule has 1 aromatic rings. The first kappa shape index (κ1) is 14.2. The van der Waals surface area contributed by atoms with Gasteiger partial charge in [-0.1, -0.05) is 29.8 Å². The fraction of sp³-hybridized carbons (Fsp3) is 0.385. The maximum atomic E-state index is 11.0. The molecule has 1 aromatic carbocycles. The average molecular weight is 250 g/mol.